The van der Waals surface area contributed by atoms with Crippen LogP contribution in [0.15, 0.2) is 53.0 Å². The van der Waals surface area contributed by atoms with Crippen molar-refractivity contribution in [3.63, 3.8) is 0 Å². The number of Topliss-reactive ketones (excluding diaryl/α,β-unsaturated/α-hetero) is 2. The number of anilines is 1. The van der Waals surface area contributed by atoms with Crippen LogP contribution in [0.5, 0.6) is 5.75 Å². The summed E-state index contributed by atoms with van der Waals surface area (Å²) in [4.78, 5) is 41.0. The summed E-state index contributed by atoms with van der Waals surface area (Å²) in [5.74, 6) is -6.37. The summed E-state index contributed by atoms with van der Waals surface area (Å²) in [5, 5.41) is 44.6. The summed E-state index contributed by atoms with van der Waals surface area (Å²) < 4.78 is 0. The lowest BCUT2D eigenvalue weighted by Crippen LogP contribution is -2.57. The molecule has 9 heteroatoms. The molecule has 3 aliphatic carbocycles. The molecule has 2 aromatic rings. The van der Waals surface area contributed by atoms with Crippen molar-refractivity contribution in [3.05, 3.63) is 69.7 Å². The molecule has 0 aliphatic heterocycles. The molecular weight excluding hydrogens is 512 g/mol. The first-order valence-electron chi connectivity index (χ1n) is 13.2. The molecule has 0 saturated heterocycles. The molecule has 0 spiro atoms. The second kappa shape index (κ2) is 8.96. The standard InChI is InChI=1S/C31H34N2O7/c1-30(2,3)16-8-6-14(7-9-16)18-13-20(33(4)5)19-11-15-10-17-12-21(34)24(29(32)39)28(38)31(17,40)27(37)22(15)26(36)23(19)25(18)35/h6-9,13,15,17,34-35,37,40H,10-12H2,1-5H3,(H2,32,39)/t15-,17+,31+/m1/s1. The number of phenolic OH excluding ortho intramolecular Hbond substituents is 1. The zero-order chi connectivity index (χ0) is 29.5. The highest BCUT2D eigenvalue weighted by Crippen LogP contribution is 2.53. The van der Waals surface area contributed by atoms with Gasteiger partial charge in [0, 0.05) is 43.3 Å². The van der Waals surface area contributed by atoms with Crippen LogP contribution in [0.25, 0.3) is 11.1 Å². The Morgan fingerprint density at radius 1 is 1.05 bits per heavy atom. The molecule has 5 rings (SSSR count). The monoisotopic (exact) mass is 546 g/mol. The number of benzene rings is 2. The molecule has 40 heavy (non-hydrogen) atoms. The second-order valence-corrected chi connectivity index (χ2v) is 12.3. The van der Waals surface area contributed by atoms with E-state index < -0.39 is 52.0 Å². The molecule has 3 aliphatic rings. The molecule has 0 fully saturated rings. The average Bonchev–Trinajstić information content (AvgIpc) is 2.85. The van der Waals surface area contributed by atoms with Gasteiger partial charge >= 0.3 is 0 Å². The molecule has 0 bridgehead atoms. The van der Waals surface area contributed by atoms with E-state index in [2.05, 4.69) is 20.8 Å². The van der Waals surface area contributed by atoms with E-state index in [9.17, 15) is 34.8 Å². The molecule has 0 radical (unpaired) electrons. The third kappa shape index (κ3) is 3.83. The summed E-state index contributed by atoms with van der Waals surface area (Å²) in [6, 6.07) is 9.54. The van der Waals surface area contributed by atoms with E-state index in [1.165, 1.54) is 0 Å². The molecule has 9 nitrogen and oxygen atoms in total. The van der Waals surface area contributed by atoms with E-state index in [0.717, 1.165) is 5.56 Å². The van der Waals surface area contributed by atoms with E-state index in [0.29, 0.717) is 22.4 Å². The number of aliphatic hydroxyl groups excluding tert-OH is 2. The van der Waals surface area contributed by atoms with Crippen molar-refractivity contribution in [1.29, 1.82) is 0 Å². The second-order valence-electron chi connectivity index (χ2n) is 12.3. The number of ketones is 2. The van der Waals surface area contributed by atoms with Gasteiger partial charge in [0.25, 0.3) is 5.91 Å². The Hall–Kier alpha value is -4.11. The number of nitrogens with two attached hydrogens (primary N) is 1. The number of fused-ring (bicyclic) bond motifs is 3. The quantitative estimate of drug-likeness (QED) is 0.365. The van der Waals surface area contributed by atoms with Crippen LogP contribution in [0.4, 0.5) is 5.69 Å². The van der Waals surface area contributed by atoms with Gasteiger partial charge in [0.2, 0.25) is 5.78 Å². The van der Waals surface area contributed by atoms with Crippen LogP contribution >= 0.6 is 0 Å². The highest BCUT2D eigenvalue weighted by Gasteiger charge is 2.59. The Morgan fingerprint density at radius 3 is 2.23 bits per heavy atom. The minimum Gasteiger partial charge on any atom is -0.511 e. The fraction of sp³-hybridized carbons (Fsp3) is 0.387. The fourth-order valence-electron chi connectivity index (χ4n) is 6.44. The van der Waals surface area contributed by atoms with Crippen molar-refractivity contribution < 1.29 is 34.8 Å². The molecule has 0 aromatic heterocycles. The van der Waals surface area contributed by atoms with Gasteiger partial charge in [0.05, 0.1) is 5.56 Å². The number of hydrogen-bond donors (Lipinski definition) is 5. The maximum absolute atomic E-state index is 14.1. The van der Waals surface area contributed by atoms with E-state index >= 15 is 0 Å². The lowest BCUT2D eigenvalue weighted by Gasteiger charge is -2.46. The Balaban J connectivity index is 1.69. The van der Waals surface area contributed by atoms with E-state index in [4.69, 9.17) is 5.73 Å². The zero-order valence-electron chi connectivity index (χ0n) is 23.2. The summed E-state index contributed by atoms with van der Waals surface area (Å²) in [5.41, 5.74) is 5.19. The predicted molar refractivity (Wildman–Crippen MR) is 149 cm³/mol. The third-order valence-corrected chi connectivity index (χ3v) is 8.58. The number of carbonyl (C=O) groups excluding carboxylic acids is 3. The summed E-state index contributed by atoms with van der Waals surface area (Å²) in [6.45, 7) is 6.29. The lowest BCUT2D eigenvalue weighted by molar-refractivity contribution is -0.144. The molecule has 6 N–H and O–H groups in total. The molecule has 3 atom stereocenters. The van der Waals surface area contributed by atoms with Gasteiger partial charge in [-0.3, -0.25) is 14.4 Å². The van der Waals surface area contributed by atoms with Gasteiger partial charge in [0.15, 0.2) is 11.4 Å². The number of nitrogens with zero attached hydrogens (tertiary/aromatic N) is 1. The van der Waals surface area contributed by atoms with Gasteiger partial charge in [-0.15, -0.1) is 0 Å². The van der Waals surface area contributed by atoms with Crippen LogP contribution in [-0.4, -0.2) is 57.6 Å². The summed E-state index contributed by atoms with van der Waals surface area (Å²) in [7, 11) is 3.67. The van der Waals surface area contributed by atoms with Crippen molar-refractivity contribution in [3.8, 4) is 16.9 Å². The maximum Gasteiger partial charge on any atom is 0.255 e. The normalized spacial score (nSPS) is 24.4. The Kier molecular flexibility index (Phi) is 6.15. The molecule has 1 amide bonds. The number of aliphatic hydroxyl groups is 3. The van der Waals surface area contributed by atoms with Crippen LogP contribution in [0.2, 0.25) is 0 Å². The Bertz CT molecular complexity index is 1540. The molecule has 0 saturated carbocycles. The minimum atomic E-state index is -2.59. The number of aromatic hydroxyl groups is 1. The van der Waals surface area contributed by atoms with E-state index in [1.807, 2.05) is 49.3 Å². The molecular formula is C31H34N2O7. The molecule has 0 heterocycles. The summed E-state index contributed by atoms with van der Waals surface area (Å²) >= 11 is 0. The zero-order valence-corrected chi connectivity index (χ0v) is 23.2. The van der Waals surface area contributed by atoms with E-state index in [1.54, 1.807) is 0 Å². The van der Waals surface area contributed by atoms with Crippen LogP contribution < -0.4 is 10.6 Å². The number of phenols is 1. The van der Waals surface area contributed by atoms with Gasteiger partial charge in [-0.1, -0.05) is 45.0 Å². The topological polar surface area (TPSA) is 161 Å². The predicted octanol–water partition coefficient (Wildman–Crippen LogP) is 3.61. The summed E-state index contributed by atoms with van der Waals surface area (Å²) in [6.07, 6.45) is 0.0793. The molecule has 210 valence electrons. The van der Waals surface area contributed by atoms with Gasteiger partial charge in [-0.25, -0.2) is 0 Å². The van der Waals surface area contributed by atoms with Gasteiger partial charge in [-0.2, -0.15) is 0 Å². The smallest absolute Gasteiger partial charge is 0.255 e. The van der Waals surface area contributed by atoms with Crippen molar-refractivity contribution in [1.82, 2.24) is 0 Å². The molecule has 2 aromatic carbocycles. The van der Waals surface area contributed by atoms with Crippen LogP contribution in [-0.2, 0) is 21.4 Å². The number of rotatable bonds is 3. The first-order valence-corrected chi connectivity index (χ1v) is 13.2. The lowest BCUT2D eigenvalue weighted by atomic mass is 9.60. The number of hydrogen-bond acceptors (Lipinski definition) is 8. The van der Waals surface area contributed by atoms with Crippen molar-refractivity contribution in [2.75, 3.05) is 19.0 Å². The number of carbonyl (C=O) groups is 3. The number of amides is 1. The van der Waals surface area contributed by atoms with Crippen molar-refractivity contribution >= 4 is 23.2 Å². The Morgan fingerprint density at radius 2 is 1.68 bits per heavy atom. The van der Waals surface area contributed by atoms with Crippen molar-refractivity contribution in [2.24, 2.45) is 17.6 Å². The first-order chi connectivity index (χ1) is 18.6. The number of primary amides is 1. The first kappa shape index (κ1) is 27.5. The van der Waals surface area contributed by atoms with Crippen LogP contribution in [0.3, 0.4) is 0 Å². The maximum atomic E-state index is 14.1. The highest BCUT2D eigenvalue weighted by atomic mass is 16.3. The van der Waals surface area contributed by atoms with Gasteiger partial charge in [0.1, 0.15) is 22.8 Å². The Labute approximate surface area is 232 Å². The SMILES string of the molecule is CN(C)c1cc(-c2ccc(C(C)(C)C)cc2)c(O)c2c1C[C@H]1C[C@H]3CC(O)=C(C(N)=O)C(=O)[C@@]3(O)C(O)=C1C2=O. The van der Waals surface area contributed by atoms with Gasteiger partial charge < -0.3 is 31.1 Å². The molecule has 0 unspecified atom stereocenters. The third-order valence-electron chi connectivity index (χ3n) is 8.58. The largest absolute Gasteiger partial charge is 0.511 e. The highest BCUT2D eigenvalue weighted by molar-refractivity contribution is 6.24. The fourth-order valence-corrected chi connectivity index (χ4v) is 6.44. The van der Waals surface area contributed by atoms with Crippen LogP contribution in [0, 0.1) is 11.8 Å². The van der Waals surface area contributed by atoms with E-state index in [-0.39, 0.29) is 41.6 Å². The average molecular weight is 547 g/mol. The number of allylic oxidation sites excluding steroid dienone is 2. The van der Waals surface area contributed by atoms with Crippen molar-refractivity contribution in [2.45, 2.75) is 51.0 Å². The van der Waals surface area contributed by atoms with Crippen LogP contribution in [0.1, 0.15) is 55.1 Å². The minimum absolute atomic E-state index is 0.00211. The van der Waals surface area contributed by atoms with Gasteiger partial charge in [-0.05, 0) is 46.9 Å².